The van der Waals surface area contributed by atoms with E-state index in [9.17, 15) is 13.2 Å². The van der Waals surface area contributed by atoms with Crippen molar-refractivity contribution < 1.29 is 13.2 Å². The summed E-state index contributed by atoms with van der Waals surface area (Å²) in [4.78, 5) is 23.5. The molecule has 4 aliphatic carbocycles. The van der Waals surface area contributed by atoms with E-state index in [0.717, 1.165) is 19.3 Å². The second-order valence-corrected chi connectivity index (χ2v) is 11.8. The highest BCUT2D eigenvalue weighted by Gasteiger charge is 2.54. The van der Waals surface area contributed by atoms with Crippen molar-refractivity contribution in [3.05, 3.63) is 18.5 Å². The summed E-state index contributed by atoms with van der Waals surface area (Å²) in [5.41, 5.74) is -0.222. The molecule has 0 spiro atoms. The maximum absolute atomic E-state index is 13.0. The number of rotatable bonds is 6. The van der Waals surface area contributed by atoms with Crippen LogP contribution in [0.25, 0.3) is 0 Å². The average Bonchev–Trinajstić information content (AvgIpc) is 2.73. The third-order valence-electron chi connectivity index (χ3n) is 7.63. The molecule has 0 radical (unpaired) electrons. The molecule has 1 N–H and O–H groups in total. The lowest BCUT2D eigenvalue weighted by atomic mass is 9.49. The van der Waals surface area contributed by atoms with Crippen molar-refractivity contribution in [1.29, 1.82) is 0 Å². The predicted molar refractivity (Wildman–Crippen MR) is 113 cm³/mol. The van der Waals surface area contributed by atoms with Gasteiger partial charge in [-0.05, 0) is 62.3 Å². The maximum atomic E-state index is 13.0. The Bertz CT molecular complexity index is 848. The molecule has 0 unspecified atom stereocenters. The fourth-order valence-corrected chi connectivity index (χ4v) is 7.96. The van der Waals surface area contributed by atoms with Crippen LogP contribution in [0.4, 0.5) is 5.95 Å². The van der Waals surface area contributed by atoms with E-state index in [1.165, 1.54) is 23.6 Å². The molecule has 1 saturated heterocycles. The highest BCUT2D eigenvalue weighted by atomic mass is 32.2. The SMILES string of the molecule is O=C(NCCS(=O)(=O)N1CCN(c2ncccn2)CC1)C12CC3CC(CC(C3)C1)C2. The zero-order chi connectivity index (χ0) is 20.8. The molecule has 30 heavy (non-hydrogen) atoms. The number of aromatic nitrogens is 2. The van der Waals surface area contributed by atoms with Crippen LogP contribution in [0.3, 0.4) is 0 Å². The quantitative estimate of drug-likeness (QED) is 0.726. The van der Waals surface area contributed by atoms with E-state index < -0.39 is 10.0 Å². The molecule has 0 atom stereocenters. The Kier molecular flexibility index (Phi) is 5.21. The summed E-state index contributed by atoms with van der Waals surface area (Å²) in [5.74, 6) is 2.81. The molecule has 1 aromatic rings. The summed E-state index contributed by atoms with van der Waals surface area (Å²) in [7, 11) is -3.39. The van der Waals surface area contributed by atoms with Crippen molar-refractivity contribution in [2.45, 2.75) is 38.5 Å². The summed E-state index contributed by atoms with van der Waals surface area (Å²) in [6, 6.07) is 1.77. The fraction of sp³-hybridized carbons (Fsp3) is 0.762. The number of carbonyl (C=O) groups excluding carboxylic acids is 1. The van der Waals surface area contributed by atoms with Gasteiger partial charge in [-0.2, -0.15) is 4.31 Å². The third-order valence-corrected chi connectivity index (χ3v) is 9.50. The first-order valence-corrected chi connectivity index (χ1v) is 12.8. The van der Waals surface area contributed by atoms with Crippen LogP contribution in [0.2, 0.25) is 0 Å². The van der Waals surface area contributed by atoms with E-state index in [4.69, 9.17) is 0 Å². The fourth-order valence-electron chi connectivity index (χ4n) is 6.62. The lowest BCUT2D eigenvalue weighted by Crippen LogP contribution is -2.54. The first kappa shape index (κ1) is 20.2. The van der Waals surface area contributed by atoms with Crippen LogP contribution in [0.15, 0.2) is 18.5 Å². The van der Waals surface area contributed by atoms with Gasteiger partial charge in [0.05, 0.1) is 5.75 Å². The molecule has 5 aliphatic rings. The summed E-state index contributed by atoms with van der Waals surface area (Å²) in [5, 5.41) is 2.99. The highest BCUT2D eigenvalue weighted by Crippen LogP contribution is 2.60. The number of amides is 1. The van der Waals surface area contributed by atoms with Gasteiger partial charge in [0, 0.05) is 50.5 Å². The molecule has 1 aromatic heterocycles. The first-order valence-electron chi connectivity index (χ1n) is 11.2. The number of sulfonamides is 1. The summed E-state index contributed by atoms with van der Waals surface area (Å²) >= 11 is 0. The van der Waals surface area contributed by atoms with Crippen LogP contribution in [0.5, 0.6) is 0 Å². The van der Waals surface area contributed by atoms with Gasteiger partial charge in [-0.25, -0.2) is 18.4 Å². The van der Waals surface area contributed by atoms with Gasteiger partial charge in [0.25, 0.3) is 0 Å². The van der Waals surface area contributed by atoms with Crippen LogP contribution >= 0.6 is 0 Å². The molecular formula is C21H31N5O3S. The van der Waals surface area contributed by atoms with E-state index in [0.29, 0.717) is 49.9 Å². The standard InChI is InChI=1S/C21H31N5O3S/c27-19(21-13-16-10-17(14-21)12-18(11-16)15-21)22-4-9-30(28,29)26-7-5-25(6-8-26)20-23-2-1-3-24-20/h1-3,16-18H,4-15H2,(H,22,27). The molecule has 4 saturated carbocycles. The molecule has 4 bridgehead atoms. The molecule has 8 nitrogen and oxygen atoms in total. The van der Waals surface area contributed by atoms with Crippen LogP contribution in [0.1, 0.15) is 38.5 Å². The second-order valence-electron chi connectivity index (χ2n) is 9.70. The van der Waals surface area contributed by atoms with E-state index in [1.807, 2.05) is 4.90 Å². The lowest BCUT2D eigenvalue weighted by Gasteiger charge is -2.55. The van der Waals surface area contributed by atoms with Crippen molar-refractivity contribution in [2.75, 3.05) is 43.4 Å². The van der Waals surface area contributed by atoms with Crippen LogP contribution in [-0.4, -0.2) is 67.1 Å². The van der Waals surface area contributed by atoms with Gasteiger partial charge in [0.1, 0.15) is 0 Å². The van der Waals surface area contributed by atoms with Gasteiger partial charge in [-0.3, -0.25) is 4.79 Å². The molecule has 5 fully saturated rings. The van der Waals surface area contributed by atoms with E-state index in [2.05, 4.69) is 15.3 Å². The monoisotopic (exact) mass is 433 g/mol. The van der Waals surface area contributed by atoms with Crippen LogP contribution in [0, 0.1) is 23.2 Å². The Hall–Kier alpha value is -1.74. The Balaban J connectivity index is 1.12. The topological polar surface area (TPSA) is 95.5 Å². The molecule has 6 rings (SSSR count). The van der Waals surface area contributed by atoms with E-state index >= 15 is 0 Å². The van der Waals surface area contributed by atoms with Gasteiger partial charge in [0.2, 0.25) is 21.9 Å². The minimum atomic E-state index is -3.39. The van der Waals surface area contributed by atoms with Gasteiger partial charge < -0.3 is 10.2 Å². The van der Waals surface area contributed by atoms with Crippen molar-refractivity contribution in [1.82, 2.24) is 19.6 Å². The Labute approximate surface area is 178 Å². The number of hydrogen-bond donors (Lipinski definition) is 1. The van der Waals surface area contributed by atoms with Gasteiger partial charge in [0.15, 0.2) is 0 Å². The summed E-state index contributed by atoms with van der Waals surface area (Å²) in [6.45, 7) is 2.18. The second kappa shape index (κ2) is 7.75. The van der Waals surface area contributed by atoms with E-state index in [1.54, 1.807) is 18.5 Å². The zero-order valence-corrected chi connectivity index (χ0v) is 18.2. The minimum Gasteiger partial charge on any atom is -0.355 e. The number of hydrogen-bond acceptors (Lipinski definition) is 6. The van der Waals surface area contributed by atoms with Gasteiger partial charge >= 0.3 is 0 Å². The largest absolute Gasteiger partial charge is 0.355 e. The van der Waals surface area contributed by atoms with Crippen molar-refractivity contribution >= 4 is 21.9 Å². The maximum Gasteiger partial charge on any atom is 0.226 e. The number of carbonyl (C=O) groups is 1. The third kappa shape index (κ3) is 3.82. The average molecular weight is 434 g/mol. The predicted octanol–water partition coefficient (Wildman–Crippen LogP) is 1.26. The van der Waals surface area contributed by atoms with E-state index in [-0.39, 0.29) is 23.6 Å². The first-order chi connectivity index (χ1) is 14.4. The normalized spacial score (nSPS) is 33.6. The highest BCUT2D eigenvalue weighted by molar-refractivity contribution is 7.89. The summed E-state index contributed by atoms with van der Waals surface area (Å²) in [6.07, 6.45) is 10.3. The lowest BCUT2D eigenvalue weighted by molar-refractivity contribution is -0.146. The molecule has 1 amide bonds. The van der Waals surface area contributed by atoms with Crippen molar-refractivity contribution in [3.8, 4) is 0 Å². The van der Waals surface area contributed by atoms with Crippen molar-refractivity contribution in [3.63, 3.8) is 0 Å². The van der Waals surface area contributed by atoms with Crippen molar-refractivity contribution in [2.24, 2.45) is 23.2 Å². The Morgan fingerprint density at radius 1 is 1.00 bits per heavy atom. The molecule has 0 aromatic carbocycles. The smallest absolute Gasteiger partial charge is 0.226 e. The molecular weight excluding hydrogens is 402 g/mol. The number of nitrogens with zero attached hydrogens (tertiary/aromatic N) is 4. The Morgan fingerprint density at radius 2 is 1.57 bits per heavy atom. The molecule has 2 heterocycles. The number of piperazine rings is 1. The van der Waals surface area contributed by atoms with Gasteiger partial charge in [-0.15, -0.1) is 0 Å². The molecule has 1 aliphatic heterocycles. The minimum absolute atomic E-state index is 0.0348. The summed E-state index contributed by atoms with van der Waals surface area (Å²) < 4.78 is 27.1. The zero-order valence-electron chi connectivity index (χ0n) is 17.4. The Morgan fingerprint density at radius 3 is 2.13 bits per heavy atom. The number of anilines is 1. The molecule has 9 heteroatoms. The van der Waals surface area contributed by atoms with Crippen LogP contribution < -0.4 is 10.2 Å². The molecule has 164 valence electrons. The van der Waals surface area contributed by atoms with Crippen LogP contribution in [-0.2, 0) is 14.8 Å². The number of nitrogens with one attached hydrogen (secondary N) is 1. The van der Waals surface area contributed by atoms with Gasteiger partial charge in [-0.1, -0.05) is 0 Å².